The Bertz CT molecular complexity index is 2090. The van der Waals surface area contributed by atoms with Gasteiger partial charge in [-0.15, -0.1) is 0 Å². The highest BCUT2D eigenvalue weighted by atomic mass is 32.2. The summed E-state index contributed by atoms with van der Waals surface area (Å²) in [5, 5.41) is 17.4. The summed E-state index contributed by atoms with van der Waals surface area (Å²) >= 11 is 0. The fourth-order valence-corrected chi connectivity index (χ4v) is 8.75. The Balaban J connectivity index is 1.12. The third-order valence-corrected chi connectivity index (χ3v) is 11.7. The van der Waals surface area contributed by atoms with E-state index in [0.717, 1.165) is 22.4 Å². The van der Waals surface area contributed by atoms with Crippen LogP contribution in [0.15, 0.2) is 102 Å². The number of nitrogens with zero attached hydrogens (tertiary/aromatic N) is 2. The first-order valence-corrected chi connectivity index (χ1v) is 19.6. The second kappa shape index (κ2) is 16.2. The molecule has 3 aliphatic rings. The van der Waals surface area contributed by atoms with Gasteiger partial charge in [-0.3, -0.25) is 9.78 Å². The quantitative estimate of drug-likeness (QED) is 0.153. The summed E-state index contributed by atoms with van der Waals surface area (Å²) in [5.74, 6) is -0.501. The lowest BCUT2D eigenvalue weighted by atomic mass is 10.0. The summed E-state index contributed by atoms with van der Waals surface area (Å²) < 4.78 is 47.0. The van der Waals surface area contributed by atoms with Crippen LogP contribution in [0.2, 0.25) is 0 Å². The van der Waals surface area contributed by atoms with Crippen molar-refractivity contribution >= 4 is 39.4 Å². The number of rotatable bonds is 13. The number of aliphatic hydroxyl groups is 1. The van der Waals surface area contributed by atoms with Gasteiger partial charge in [0.1, 0.15) is 6.10 Å². The SMILES string of the molecule is CC(C)CN(CC(O)C(Cc1ccccc1)NC(=O)OC1COC2OCCC12)S(=O)(=O)c1ccc2c(c1)/C(=C/c1ccc(-c3ccccn3)cc1)C(=O)N2. The molecule has 0 bridgehead atoms. The molecule has 0 spiro atoms. The Morgan fingerprint density at radius 2 is 1.81 bits per heavy atom. The normalized spacial score (nSPS) is 21.2. The molecule has 4 aromatic rings. The van der Waals surface area contributed by atoms with Crippen molar-refractivity contribution in [3.8, 4) is 11.3 Å². The van der Waals surface area contributed by atoms with E-state index in [1.807, 2.05) is 86.6 Å². The minimum Gasteiger partial charge on any atom is -0.443 e. The van der Waals surface area contributed by atoms with Gasteiger partial charge in [0.2, 0.25) is 10.0 Å². The lowest BCUT2D eigenvalue weighted by molar-refractivity contribution is -0.110. The number of sulfonamides is 1. The Kier molecular flexibility index (Phi) is 11.2. The highest BCUT2D eigenvalue weighted by Gasteiger charge is 2.44. The molecule has 54 heavy (non-hydrogen) atoms. The maximum atomic E-state index is 14.4. The van der Waals surface area contributed by atoms with Crippen LogP contribution in [0, 0.1) is 11.8 Å². The molecule has 12 nitrogen and oxygen atoms in total. The number of fused-ring (bicyclic) bond motifs is 2. The zero-order chi connectivity index (χ0) is 37.8. The molecule has 5 atom stereocenters. The summed E-state index contributed by atoms with van der Waals surface area (Å²) in [6, 6.07) is 26.3. The number of aromatic nitrogens is 1. The van der Waals surface area contributed by atoms with Crippen LogP contribution in [0.3, 0.4) is 0 Å². The molecule has 2 amide bonds. The number of nitrogens with one attached hydrogen (secondary N) is 2. The fourth-order valence-electron chi connectivity index (χ4n) is 7.11. The van der Waals surface area contributed by atoms with Crippen LogP contribution in [0.5, 0.6) is 0 Å². The molecule has 282 valence electrons. The lowest BCUT2D eigenvalue weighted by Crippen LogP contribution is -2.51. The number of carbonyl (C=O) groups is 2. The molecule has 3 aromatic carbocycles. The molecule has 0 saturated carbocycles. The molecular weight excluding hydrogens is 709 g/mol. The van der Waals surface area contributed by atoms with Crippen LogP contribution in [-0.4, -0.2) is 85.7 Å². The van der Waals surface area contributed by atoms with Crippen molar-refractivity contribution in [3.05, 3.63) is 114 Å². The van der Waals surface area contributed by atoms with Crippen molar-refractivity contribution in [2.24, 2.45) is 11.8 Å². The summed E-state index contributed by atoms with van der Waals surface area (Å²) in [5.41, 5.74) is 4.64. The highest BCUT2D eigenvalue weighted by molar-refractivity contribution is 7.89. The number of hydrogen-bond donors (Lipinski definition) is 3. The van der Waals surface area contributed by atoms with Crippen LogP contribution >= 0.6 is 0 Å². The van der Waals surface area contributed by atoms with Crippen LogP contribution < -0.4 is 10.6 Å². The second-order valence-electron chi connectivity index (χ2n) is 14.2. The standard InChI is InChI=1S/C41H44N4O8S/c1-26(2)23-45(24-37(46)36(21-27-8-4-3-5-9-27)44-41(48)53-38-25-52-40-31(38)17-19-51-40)54(49,50)30-15-16-35-32(22-30)33(39(47)43-35)20-28-11-13-29(14-12-28)34-10-6-7-18-42-34/h3-16,18,20,22,26,31,36-38,40,46H,17,19,21,23-25H2,1-2H3,(H,43,47)(H,44,48)/b33-20-. The number of pyridine rings is 1. The largest absolute Gasteiger partial charge is 0.443 e. The van der Waals surface area contributed by atoms with Crippen LogP contribution in [0.1, 0.15) is 37.0 Å². The van der Waals surface area contributed by atoms with Gasteiger partial charge in [-0.05, 0) is 66.3 Å². The predicted molar refractivity (Wildman–Crippen MR) is 203 cm³/mol. The summed E-state index contributed by atoms with van der Waals surface area (Å²) in [4.78, 5) is 30.7. The third kappa shape index (κ3) is 8.40. The number of aliphatic hydroxyl groups excluding tert-OH is 1. The Labute approximate surface area is 315 Å². The van der Waals surface area contributed by atoms with E-state index in [0.29, 0.717) is 29.9 Å². The first-order chi connectivity index (χ1) is 26.0. The molecule has 13 heteroatoms. The minimum atomic E-state index is -4.20. The smallest absolute Gasteiger partial charge is 0.407 e. The number of alkyl carbamates (subject to hydrolysis) is 1. The van der Waals surface area contributed by atoms with Gasteiger partial charge in [0.05, 0.1) is 41.9 Å². The number of hydrogen-bond acceptors (Lipinski definition) is 9. The van der Waals surface area contributed by atoms with Gasteiger partial charge >= 0.3 is 6.09 Å². The zero-order valence-corrected chi connectivity index (χ0v) is 30.9. The average Bonchev–Trinajstić information content (AvgIpc) is 3.87. The monoisotopic (exact) mass is 752 g/mol. The van der Waals surface area contributed by atoms with E-state index in [1.54, 1.807) is 18.3 Å². The maximum absolute atomic E-state index is 14.4. The maximum Gasteiger partial charge on any atom is 0.407 e. The number of amides is 2. The third-order valence-electron chi connectivity index (χ3n) is 9.86. The summed E-state index contributed by atoms with van der Waals surface area (Å²) in [7, 11) is -4.20. The van der Waals surface area contributed by atoms with Gasteiger partial charge in [0, 0.05) is 41.7 Å². The van der Waals surface area contributed by atoms with Crippen molar-refractivity contribution in [2.75, 3.05) is 31.6 Å². The van der Waals surface area contributed by atoms with Gasteiger partial charge in [0.25, 0.3) is 5.91 Å². The molecular formula is C41H44N4O8S. The summed E-state index contributed by atoms with van der Waals surface area (Å²) in [6.45, 7) is 4.32. The average molecular weight is 753 g/mol. The number of ether oxygens (including phenoxy) is 3. The van der Waals surface area contributed by atoms with Crippen molar-refractivity contribution in [1.82, 2.24) is 14.6 Å². The first kappa shape index (κ1) is 37.4. The zero-order valence-electron chi connectivity index (χ0n) is 30.1. The van der Waals surface area contributed by atoms with Crippen LogP contribution in [0.25, 0.3) is 22.9 Å². The Morgan fingerprint density at radius 1 is 1.04 bits per heavy atom. The molecule has 2 fully saturated rings. The molecule has 5 unspecified atom stereocenters. The first-order valence-electron chi connectivity index (χ1n) is 18.2. The molecule has 0 aliphatic carbocycles. The summed E-state index contributed by atoms with van der Waals surface area (Å²) in [6.07, 6.45) is 1.47. The van der Waals surface area contributed by atoms with Gasteiger partial charge in [0.15, 0.2) is 6.29 Å². The Hall–Kier alpha value is -4.92. The van der Waals surface area contributed by atoms with Gasteiger partial charge < -0.3 is 30.0 Å². The minimum absolute atomic E-state index is 0.0245. The molecule has 2 saturated heterocycles. The Morgan fingerprint density at radius 3 is 2.56 bits per heavy atom. The van der Waals surface area contributed by atoms with E-state index in [9.17, 15) is 23.1 Å². The van der Waals surface area contributed by atoms with Crippen molar-refractivity contribution in [3.63, 3.8) is 0 Å². The number of benzene rings is 3. The van der Waals surface area contributed by atoms with Crippen molar-refractivity contribution in [2.45, 2.75) is 56.1 Å². The number of carbonyl (C=O) groups excluding carboxylic acids is 2. The molecule has 3 aliphatic heterocycles. The van der Waals surface area contributed by atoms with E-state index >= 15 is 0 Å². The van der Waals surface area contributed by atoms with Crippen molar-refractivity contribution < 1.29 is 37.3 Å². The van der Waals surface area contributed by atoms with Crippen LogP contribution in [-0.2, 0) is 35.4 Å². The van der Waals surface area contributed by atoms with E-state index in [2.05, 4.69) is 15.6 Å². The molecule has 3 N–H and O–H groups in total. The second-order valence-corrected chi connectivity index (χ2v) is 16.2. The van der Waals surface area contributed by atoms with Crippen molar-refractivity contribution in [1.29, 1.82) is 0 Å². The van der Waals surface area contributed by atoms with E-state index in [1.165, 1.54) is 16.4 Å². The van der Waals surface area contributed by atoms with Gasteiger partial charge in [-0.25, -0.2) is 13.2 Å². The van der Waals surface area contributed by atoms with E-state index in [-0.39, 0.29) is 48.8 Å². The van der Waals surface area contributed by atoms with Gasteiger partial charge in [-0.1, -0.05) is 74.5 Å². The van der Waals surface area contributed by atoms with E-state index < -0.39 is 40.7 Å². The topological polar surface area (TPSA) is 156 Å². The lowest BCUT2D eigenvalue weighted by Gasteiger charge is -2.31. The fraction of sp³-hybridized carbons (Fsp3) is 0.341. The number of anilines is 1. The molecule has 4 heterocycles. The molecule has 0 radical (unpaired) electrons. The highest BCUT2D eigenvalue weighted by Crippen LogP contribution is 2.36. The van der Waals surface area contributed by atoms with E-state index in [4.69, 9.17) is 14.2 Å². The van der Waals surface area contributed by atoms with Crippen LogP contribution in [0.4, 0.5) is 10.5 Å². The molecule has 1 aromatic heterocycles. The molecule has 7 rings (SSSR count). The van der Waals surface area contributed by atoms with Gasteiger partial charge in [-0.2, -0.15) is 4.31 Å². The predicted octanol–water partition coefficient (Wildman–Crippen LogP) is 5.35.